The maximum absolute atomic E-state index is 13.3. The number of rotatable bonds is 0. The number of pyridine rings is 1. The van der Waals surface area contributed by atoms with E-state index in [9.17, 15) is 9.18 Å². The first kappa shape index (κ1) is 7.98. The number of aryl methyl sites for hydroxylation is 1. The van der Waals surface area contributed by atoms with E-state index in [1.165, 1.54) is 12.3 Å². The number of aromatic nitrogens is 1. The summed E-state index contributed by atoms with van der Waals surface area (Å²) in [7, 11) is 0. The number of fused-ring (bicyclic) bond motifs is 1. The number of halogens is 1. The number of nitrogens with one attached hydrogen (secondary N) is 1. The highest BCUT2D eigenvalue weighted by Gasteiger charge is 2.04. The van der Waals surface area contributed by atoms with Crippen LogP contribution in [-0.2, 0) is 0 Å². The lowest BCUT2D eigenvalue weighted by molar-refractivity contribution is 0.637. The molecule has 1 aromatic carbocycles. The van der Waals surface area contributed by atoms with Crippen molar-refractivity contribution in [3.05, 3.63) is 46.1 Å². The summed E-state index contributed by atoms with van der Waals surface area (Å²) in [6.45, 7) is 1.80. The monoisotopic (exact) mass is 177 g/mol. The van der Waals surface area contributed by atoms with E-state index < -0.39 is 5.82 Å². The van der Waals surface area contributed by atoms with E-state index in [0.717, 1.165) is 5.56 Å². The first-order valence-corrected chi connectivity index (χ1v) is 3.96. The average molecular weight is 177 g/mol. The van der Waals surface area contributed by atoms with Crippen LogP contribution in [0.4, 0.5) is 4.39 Å². The third-order valence-electron chi connectivity index (χ3n) is 1.97. The van der Waals surface area contributed by atoms with Crippen LogP contribution in [0.25, 0.3) is 10.8 Å². The molecule has 2 nitrogen and oxygen atoms in total. The fourth-order valence-corrected chi connectivity index (χ4v) is 1.42. The van der Waals surface area contributed by atoms with Gasteiger partial charge < -0.3 is 4.98 Å². The fraction of sp³-hybridized carbons (Fsp3) is 0.100. The van der Waals surface area contributed by atoms with Crippen LogP contribution in [0.1, 0.15) is 5.56 Å². The van der Waals surface area contributed by atoms with E-state index in [-0.39, 0.29) is 10.9 Å². The maximum atomic E-state index is 13.3. The van der Waals surface area contributed by atoms with Crippen molar-refractivity contribution in [1.82, 2.24) is 4.98 Å². The highest BCUT2D eigenvalue weighted by Crippen LogP contribution is 2.15. The van der Waals surface area contributed by atoms with E-state index in [2.05, 4.69) is 4.98 Å². The lowest BCUT2D eigenvalue weighted by Gasteiger charge is -1.99. The van der Waals surface area contributed by atoms with Gasteiger partial charge in [-0.15, -0.1) is 0 Å². The molecule has 0 unspecified atom stereocenters. The molecule has 66 valence electrons. The third-order valence-corrected chi connectivity index (χ3v) is 1.97. The average Bonchev–Trinajstić information content (AvgIpc) is 2.02. The van der Waals surface area contributed by atoms with Crippen LogP contribution in [0.3, 0.4) is 0 Å². The van der Waals surface area contributed by atoms with Gasteiger partial charge in [-0.3, -0.25) is 4.79 Å². The van der Waals surface area contributed by atoms with E-state index in [1.54, 1.807) is 19.1 Å². The molecule has 0 amide bonds. The van der Waals surface area contributed by atoms with Crippen LogP contribution < -0.4 is 5.56 Å². The van der Waals surface area contributed by atoms with Crippen LogP contribution >= 0.6 is 0 Å². The Kier molecular flexibility index (Phi) is 1.65. The lowest BCUT2D eigenvalue weighted by atomic mass is 10.1. The Morgan fingerprint density at radius 2 is 2.15 bits per heavy atom. The molecule has 0 aliphatic carbocycles. The Balaban J connectivity index is 3.03. The number of hydrogen-bond acceptors (Lipinski definition) is 1. The van der Waals surface area contributed by atoms with Gasteiger partial charge >= 0.3 is 0 Å². The Morgan fingerprint density at radius 3 is 2.92 bits per heavy atom. The molecule has 0 saturated heterocycles. The second kappa shape index (κ2) is 2.69. The van der Waals surface area contributed by atoms with Gasteiger partial charge in [-0.2, -0.15) is 0 Å². The minimum atomic E-state index is -0.461. The van der Waals surface area contributed by atoms with E-state index in [1.807, 2.05) is 0 Å². The zero-order chi connectivity index (χ0) is 9.42. The smallest absolute Gasteiger partial charge is 0.258 e. The van der Waals surface area contributed by atoms with E-state index in [4.69, 9.17) is 0 Å². The van der Waals surface area contributed by atoms with E-state index >= 15 is 0 Å². The van der Waals surface area contributed by atoms with Gasteiger partial charge in [0.25, 0.3) is 5.56 Å². The van der Waals surface area contributed by atoms with Crippen molar-refractivity contribution in [2.24, 2.45) is 0 Å². The molecule has 0 spiro atoms. The first-order chi connectivity index (χ1) is 6.18. The van der Waals surface area contributed by atoms with Gasteiger partial charge in [-0.25, -0.2) is 4.39 Å². The van der Waals surface area contributed by atoms with Crippen molar-refractivity contribution >= 4 is 10.8 Å². The standard InChI is InChI=1S/C10H8FNO/c1-6-4-7-2-3-12-10(13)9(7)8(11)5-6/h2-5H,1H3,(H,12,13). The number of H-pyrrole nitrogens is 1. The van der Waals surface area contributed by atoms with Crippen molar-refractivity contribution in [1.29, 1.82) is 0 Å². The van der Waals surface area contributed by atoms with Gasteiger partial charge in [0.05, 0.1) is 5.39 Å². The molecule has 1 aromatic heterocycles. The van der Waals surface area contributed by atoms with Crippen LogP contribution in [0.2, 0.25) is 0 Å². The van der Waals surface area contributed by atoms with Crippen molar-refractivity contribution in [3.8, 4) is 0 Å². The molecule has 0 fully saturated rings. The summed E-state index contributed by atoms with van der Waals surface area (Å²) >= 11 is 0. The fourth-order valence-electron chi connectivity index (χ4n) is 1.42. The van der Waals surface area contributed by atoms with Crippen LogP contribution in [0.15, 0.2) is 29.2 Å². The Morgan fingerprint density at radius 1 is 1.38 bits per heavy atom. The summed E-state index contributed by atoms with van der Waals surface area (Å²) in [5.74, 6) is -0.461. The van der Waals surface area contributed by atoms with Crippen molar-refractivity contribution in [2.75, 3.05) is 0 Å². The Labute approximate surface area is 74.0 Å². The molecule has 13 heavy (non-hydrogen) atoms. The number of hydrogen-bond donors (Lipinski definition) is 1. The third kappa shape index (κ3) is 1.22. The summed E-state index contributed by atoms with van der Waals surface area (Å²) in [5, 5.41) is 0.773. The molecule has 0 saturated carbocycles. The van der Waals surface area contributed by atoms with Crippen molar-refractivity contribution in [2.45, 2.75) is 6.92 Å². The molecular formula is C10H8FNO. The summed E-state index contributed by atoms with van der Waals surface area (Å²) in [4.78, 5) is 13.7. The van der Waals surface area contributed by atoms with Gasteiger partial charge in [0, 0.05) is 6.20 Å². The molecule has 0 atom stereocenters. The zero-order valence-electron chi connectivity index (χ0n) is 7.10. The topological polar surface area (TPSA) is 32.9 Å². The van der Waals surface area contributed by atoms with Gasteiger partial charge in [-0.1, -0.05) is 6.07 Å². The Bertz CT molecular complexity index is 516. The van der Waals surface area contributed by atoms with Crippen LogP contribution in [-0.4, -0.2) is 4.98 Å². The predicted octanol–water partition coefficient (Wildman–Crippen LogP) is 1.98. The first-order valence-electron chi connectivity index (χ1n) is 3.96. The maximum Gasteiger partial charge on any atom is 0.258 e. The molecular weight excluding hydrogens is 169 g/mol. The van der Waals surface area contributed by atoms with Gasteiger partial charge in [0.2, 0.25) is 0 Å². The minimum absolute atomic E-state index is 0.133. The summed E-state index contributed by atoms with van der Waals surface area (Å²) < 4.78 is 13.3. The second-order valence-corrected chi connectivity index (χ2v) is 3.02. The second-order valence-electron chi connectivity index (χ2n) is 3.02. The van der Waals surface area contributed by atoms with Crippen LogP contribution in [0, 0.1) is 12.7 Å². The quantitative estimate of drug-likeness (QED) is 0.655. The van der Waals surface area contributed by atoms with E-state index in [0.29, 0.717) is 5.39 Å². The molecule has 0 aliphatic heterocycles. The largest absolute Gasteiger partial charge is 0.328 e. The number of aromatic amines is 1. The molecule has 1 N–H and O–H groups in total. The highest BCUT2D eigenvalue weighted by molar-refractivity contribution is 5.82. The van der Waals surface area contributed by atoms with Crippen molar-refractivity contribution < 1.29 is 4.39 Å². The molecule has 2 rings (SSSR count). The summed E-state index contributed by atoms with van der Waals surface area (Å²) in [5.41, 5.74) is 0.436. The normalized spacial score (nSPS) is 10.6. The number of benzene rings is 1. The molecule has 0 bridgehead atoms. The van der Waals surface area contributed by atoms with Gasteiger partial charge in [0.15, 0.2) is 0 Å². The molecule has 2 aromatic rings. The molecule has 0 aliphatic rings. The summed E-state index contributed by atoms with van der Waals surface area (Å²) in [6, 6.07) is 4.83. The SMILES string of the molecule is Cc1cc(F)c2c(=O)[nH]ccc2c1. The lowest BCUT2D eigenvalue weighted by Crippen LogP contribution is -2.06. The summed E-state index contributed by atoms with van der Waals surface area (Å²) in [6.07, 6.45) is 1.52. The molecule has 0 radical (unpaired) electrons. The van der Waals surface area contributed by atoms with Crippen molar-refractivity contribution in [3.63, 3.8) is 0 Å². The Hall–Kier alpha value is -1.64. The minimum Gasteiger partial charge on any atom is -0.328 e. The molecule has 3 heteroatoms. The van der Waals surface area contributed by atoms with Gasteiger partial charge in [0.1, 0.15) is 5.82 Å². The molecule has 1 heterocycles. The van der Waals surface area contributed by atoms with Crippen LogP contribution in [0.5, 0.6) is 0 Å². The predicted molar refractivity (Wildman–Crippen MR) is 49.3 cm³/mol. The zero-order valence-corrected chi connectivity index (χ0v) is 7.10. The highest BCUT2D eigenvalue weighted by atomic mass is 19.1. The van der Waals surface area contributed by atoms with Gasteiger partial charge in [-0.05, 0) is 30.0 Å².